The molecule has 0 spiro atoms. The SMILES string of the molecule is CC(C)CCN1CCC(OC(=O)CCN2CCOCC2)CC1. The zero-order chi connectivity index (χ0) is 15.8. The molecule has 128 valence electrons. The van der Waals surface area contributed by atoms with Crippen molar-refractivity contribution in [3.05, 3.63) is 0 Å². The van der Waals surface area contributed by atoms with Gasteiger partial charge in [-0.2, -0.15) is 0 Å². The highest BCUT2D eigenvalue weighted by Crippen LogP contribution is 2.16. The molecule has 0 aromatic rings. The first kappa shape index (κ1) is 17.7. The lowest BCUT2D eigenvalue weighted by molar-refractivity contribution is -0.151. The molecule has 2 fully saturated rings. The lowest BCUT2D eigenvalue weighted by atomic mass is 10.1. The van der Waals surface area contributed by atoms with E-state index in [9.17, 15) is 4.79 Å². The summed E-state index contributed by atoms with van der Waals surface area (Å²) in [7, 11) is 0. The number of rotatable bonds is 7. The molecule has 0 aromatic heterocycles. The first-order chi connectivity index (χ1) is 10.6. The number of piperidine rings is 1. The third-order valence-corrected chi connectivity index (χ3v) is 4.59. The minimum absolute atomic E-state index is 0.0351. The monoisotopic (exact) mass is 312 g/mol. The van der Waals surface area contributed by atoms with Crippen LogP contribution < -0.4 is 0 Å². The molecule has 0 N–H and O–H groups in total. The lowest BCUT2D eigenvalue weighted by Gasteiger charge is -2.32. The third kappa shape index (κ3) is 6.63. The van der Waals surface area contributed by atoms with E-state index in [0.717, 1.165) is 64.7 Å². The minimum atomic E-state index is -0.0351. The van der Waals surface area contributed by atoms with Gasteiger partial charge in [-0.05, 0) is 31.7 Å². The summed E-state index contributed by atoms with van der Waals surface area (Å²) in [5.41, 5.74) is 0. The zero-order valence-corrected chi connectivity index (χ0v) is 14.3. The number of carbonyl (C=O) groups is 1. The van der Waals surface area contributed by atoms with Gasteiger partial charge >= 0.3 is 5.97 Å². The van der Waals surface area contributed by atoms with E-state index in [1.54, 1.807) is 0 Å². The maximum absolute atomic E-state index is 12.0. The Kier molecular flexibility index (Phi) is 7.63. The summed E-state index contributed by atoms with van der Waals surface area (Å²) in [4.78, 5) is 16.7. The molecule has 0 aromatic carbocycles. The highest BCUT2D eigenvalue weighted by molar-refractivity contribution is 5.69. The van der Waals surface area contributed by atoms with Gasteiger partial charge in [-0.25, -0.2) is 0 Å². The van der Waals surface area contributed by atoms with Crippen molar-refractivity contribution in [1.82, 2.24) is 9.80 Å². The Morgan fingerprint density at radius 1 is 1.09 bits per heavy atom. The van der Waals surface area contributed by atoms with E-state index in [0.29, 0.717) is 6.42 Å². The third-order valence-electron chi connectivity index (χ3n) is 4.59. The second-order valence-corrected chi connectivity index (χ2v) is 6.92. The molecule has 2 rings (SSSR count). The van der Waals surface area contributed by atoms with Crippen molar-refractivity contribution in [3.8, 4) is 0 Å². The van der Waals surface area contributed by atoms with Gasteiger partial charge in [-0.3, -0.25) is 9.69 Å². The van der Waals surface area contributed by atoms with Gasteiger partial charge < -0.3 is 14.4 Å². The molecule has 2 aliphatic heterocycles. The van der Waals surface area contributed by atoms with Crippen LogP contribution in [0.3, 0.4) is 0 Å². The molecule has 0 bridgehead atoms. The van der Waals surface area contributed by atoms with Crippen molar-refractivity contribution in [2.45, 2.75) is 45.6 Å². The number of likely N-dealkylation sites (tertiary alicyclic amines) is 1. The van der Waals surface area contributed by atoms with Crippen LogP contribution in [0.2, 0.25) is 0 Å². The van der Waals surface area contributed by atoms with Crippen LogP contribution in [-0.4, -0.2) is 74.4 Å². The normalized spacial score (nSPS) is 22.1. The van der Waals surface area contributed by atoms with Crippen molar-refractivity contribution in [2.24, 2.45) is 5.92 Å². The number of hydrogen-bond acceptors (Lipinski definition) is 5. The number of esters is 1. The molecule has 22 heavy (non-hydrogen) atoms. The van der Waals surface area contributed by atoms with Crippen LogP contribution in [0, 0.1) is 5.92 Å². The molecular formula is C17H32N2O3. The van der Waals surface area contributed by atoms with Gasteiger partial charge in [0.05, 0.1) is 19.6 Å². The Hall–Kier alpha value is -0.650. The summed E-state index contributed by atoms with van der Waals surface area (Å²) < 4.78 is 10.9. The summed E-state index contributed by atoms with van der Waals surface area (Å²) in [6.45, 7) is 12.1. The van der Waals surface area contributed by atoms with E-state index in [1.165, 1.54) is 13.0 Å². The number of ether oxygens (including phenoxy) is 2. The Balaban J connectivity index is 1.56. The maximum atomic E-state index is 12.0. The second-order valence-electron chi connectivity index (χ2n) is 6.92. The van der Waals surface area contributed by atoms with Gasteiger partial charge in [0.25, 0.3) is 0 Å². The van der Waals surface area contributed by atoms with Crippen LogP contribution in [0.5, 0.6) is 0 Å². The molecule has 5 heteroatoms. The smallest absolute Gasteiger partial charge is 0.307 e. The average molecular weight is 312 g/mol. The quantitative estimate of drug-likeness (QED) is 0.670. The first-order valence-corrected chi connectivity index (χ1v) is 8.85. The molecule has 0 radical (unpaired) electrons. The largest absolute Gasteiger partial charge is 0.462 e. The number of hydrogen-bond donors (Lipinski definition) is 0. The number of morpholine rings is 1. The van der Waals surface area contributed by atoms with Crippen LogP contribution >= 0.6 is 0 Å². The molecule has 0 aliphatic carbocycles. The van der Waals surface area contributed by atoms with Crippen LogP contribution in [0.25, 0.3) is 0 Å². The van der Waals surface area contributed by atoms with Crippen molar-refractivity contribution in [3.63, 3.8) is 0 Å². The topological polar surface area (TPSA) is 42.0 Å². The van der Waals surface area contributed by atoms with Crippen molar-refractivity contribution < 1.29 is 14.3 Å². The zero-order valence-electron chi connectivity index (χ0n) is 14.3. The minimum Gasteiger partial charge on any atom is -0.462 e. The van der Waals surface area contributed by atoms with Gasteiger partial charge in [-0.15, -0.1) is 0 Å². The van der Waals surface area contributed by atoms with E-state index in [4.69, 9.17) is 9.47 Å². The van der Waals surface area contributed by atoms with Crippen molar-refractivity contribution in [2.75, 3.05) is 52.5 Å². The lowest BCUT2D eigenvalue weighted by Crippen LogP contribution is -2.40. The van der Waals surface area contributed by atoms with Crippen LogP contribution in [0.4, 0.5) is 0 Å². The fourth-order valence-corrected chi connectivity index (χ4v) is 3.01. The first-order valence-electron chi connectivity index (χ1n) is 8.85. The molecule has 0 amide bonds. The number of carbonyl (C=O) groups excluding carboxylic acids is 1. The van der Waals surface area contributed by atoms with E-state index in [2.05, 4.69) is 23.6 Å². The molecule has 5 nitrogen and oxygen atoms in total. The molecular weight excluding hydrogens is 280 g/mol. The fourth-order valence-electron chi connectivity index (χ4n) is 3.01. The van der Waals surface area contributed by atoms with Crippen molar-refractivity contribution in [1.29, 1.82) is 0 Å². The summed E-state index contributed by atoms with van der Waals surface area (Å²) in [5, 5.41) is 0. The highest BCUT2D eigenvalue weighted by Gasteiger charge is 2.22. The predicted octanol–water partition coefficient (Wildman–Crippen LogP) is 1.76. The number of nitrogens with zero attached hydrogens (tertiary/aromatic N) is 2. The van der Waals surface area contributed by atoms with Gasteiger partial charge in [0, 0.05) is 32.7 Å². The fraction of sp³-hybridized carbons (Fsp3) is 0.941. The van der Waals surface area contributed by atoms with Gasteiger partial charge in [-0.1, -0.05) is 13.8 Å². The van der Waals surface area contributed by atoms with Crippen molar-refractivity contribution >= 4 is 5.97 Å². The molecule has 0 atom stereocenters. The van der Waals surface area contributed by atoms with Crippen LogP contribution in [0.15, 0.2) is 0 Å². The second kappa shape index (κ2) is 9.48. The molecule has 0 unspecified atom stereocenters. The van der Waals surface area contributed by atoms with E-state index < -0.39 is 0 Å². The van der Waals surface area contributed by atoms with E-state index in [-0.39, 0.29) is 12.1 Å². The molecule has 0 saturated carbocycles. The van der Waals surface area contributed by atoms with Gasteiger partial charge in [0.2, 0.25) is 0 Å². The molecule has 2 saturated heterocycles. The van der Waals surface area contributed by atoms with Crippen LogP contribution in [0.1, 0.15) is 39.5 Å². The Bertz CT molecular complexity index is 322. The summed E-state index contributed by atoms with van der Waals surface area (Å²) >= 11 is 0. The summed E-state index contributed by atoms with van der Waals surface area (Å²) in [6, 6.07) is 0. The maximum Gasteiger partial charge on any atom is 0.307 e. The Morgan fingerprint density at radius 3 is 2.36 bits per heavy atom. The van der Waals surface area contributed by atoms with Gasteiger partial charge in [0.15, 0.2) is 0 Å². The van der Waals surface area contributed by atoms with E-state index in [1.807, 2.05) is 0 Å². The van der Waals surface area contributed by atoms with Gasteiger partial charge in [0.1, 0.15) is 6.10 Å². The highest BCUT2D eigenvalue weighted by atomic mass is 16.5. The Labute approximate surface area is 134 Å². The molecule has 2 heterocycles. The predicted molar refractivity (Wildman–Crippen MR) is 86.9 cm³/mol. The standard InChI is InChI=1S/C17H32N2O3/c1-15(2)3-7-18-8-4-16(5-9-18)22-17(20)6-10-19-11-13-21-14-12-19/h15-16H,3-14H2,1-2H3. The summed E-state index contributed by atoms with van der Waals surface area (Å²) in [6.07, 6.45) is 3.87. The van der Waals surface area contributed by atoms with Crippen LogP contribution in [-0.2, 0) is 14.3 Å². The average Bonchev–Trinajstić information content (AvgIpc) is 2.53. The summed E-state index contributed by atoms with van der Waals surface area (Å²) in [5.74, 6) is 0.725. The van der Waals surface area contributed by atoms with E-state index >= 15 is 0 Å². The Morgan fingerprint density at radius 2 is 1.73 bits per heavy atom. The molecule has 2 aliphatic rings.